The molecule has 0 aliphatic carbocycles. The summed E-state index contributed by atoms with van der Waals surface area (Å²) in [6.45, 7) is 4.62. The van der Waals surface area contributed by atoms with E-state index in [4.69, 9.17) is 5.73 Å². The third-order valence-corrected chi connectivity index (χ3v) is 4.33. The van der Waals surface area contributed by atoms with Crippen molar-refractivity contribution in [3.05, 3.63) is 45.7 Å². The number of aromatic nitrogens is 1. The first-order valence-electron chi connectivity index (χ1n) is 7.15. The molecule has 2 rings (SSSR count). The number of thiazole rings is 1. The summed E-state index contributed by atoms with van der Waals surface area (Å²) in [4.78, 5) is 6.29. The minimum Gasteiger partial charge on any atom is -0.366 e. The van der Waals surface area contributed by atoms with E-state index in [0.717, 1.165) is 22.7 Å². The van der Waals surface area contributed by atoms with Crippen molar-refractivity contribution in [2.75, 3.05) is 11.9 Å². The molecular formula is C16H22FN3S. The molecule has 2 N–H and O–H groups in total. The number of anilines is 1. The molecule has 0 saturated carbocycles. The quantitative estimate of drug-likeness (QED) is 0.888. The molecule has 3 nitrogen and oxygen atoms in total. The van der Waals surface area contributed by atoms with Crippen molar-refractivity contribution >= 4 is 17.0 Å². The van der Waals surface area contributed by atoms with E-state index in [-0.39, 0.29) is 11.9 Å². The van der Waals surface area contributed by atoms with E-state index >= 15 is 0 Å². The highest BCUT2D eigenvalue weighted by Crippen LogP contribution is 2.22. The van der Waals surface area contributed by atoms with E-state index in [1.54, 1.807) is 17.4 Å². The van der Waals surface area contributed by atoms with Gasteiger partial charge >= 0.3 is 0 Å². The minimum atomic E-state index is -0.203. The summed E-state index contributed by atoms with van der Waals surface area (Å²) in [5, 5.41) is 3.04. The molecule has 2 aromatic rings. The lowest BCUT2D eigenvalue weighted by molar-refractivity contribution is 0.610. The number of nitrogens with two attached hydrogens (primary N) is 1. The molecule has 21 heavy (non-hydrogen) atoms. The zero-order valence-corrected chi connectivity index (χ0v) is 13.6. The maximum Gasteiger partial charge on any atom is 0.146 e. The summed E-state index contributed by atoms with van der Waals surface area (Å²) in [7, 11) is 1.88. The van der Waals surface area contributed by atoms with Crippen molar-refractivity contribution in [2.24, 2.45) is 5.73 Å². The Balaban J connectivity index is 2.09. The van der Waals surface area contributed by atoms with Gasteiger partial charge in [0.15, 0.2) is 0 Å². The number of hydrogen-bond donors (Lipinski definition) is 1. The molecule has 0 bridgehead atoms. The molecule has 0 saturated heterocycles. The second-order valence-electron chi connectivity index (χ2n) is 5.37. The van der Waals surface area contributed by atoms with Crippen molar-refractivity contribution in [1.82, 2.24) is 4.98 Å². The average molecular weight is 307 g/mol. The Morgan fingerprint density at radius 3 is 2.76 bits per heavy atom. The molecule has 0 fully saturated rings. The molecule has 0 aliphatic rings. The lowest BCUT2D eigenvalue weighted by Gasteiger charge is -2.19. The third-order valence-electron chi connectivity index (χ3n) is 3.51. The van der Waals surface area contributed by atoms with Crippen molar-refractivity contribution < 1.29 is 4.39 Å². The highest BCUT2D eigenvalue weighted by Gasteiger charge is 2.11. The Bertz CT molecular complexity index is 597. The predicted molar refractivity (Wildman–Crippen MR) is 87.3 cm³/mol. The normalized spacial score (nSPS) is 12.4. The van der Waals surface area contributed by atoms with Gasteiger partial charge < -0.3 is 10.6 Å². The summed E-state index contributed by atoms with van der Waals surface area (Å²) in [5.74, 6) is -0.203. The SMILES string of the molecule is CCC(N)Cc1ccc(N(C)Cc2csc(C)n2)c(F)c1. The Kier molecular flexibility index (Phi) is 5.31. The highest BCUT2D eigenvalue weighted by molar-refractivity contribution is 7.09. The Labute approximate surface area is 129 Å². The third kappa shape index (κ3) is 4.25. The second kappa shape index (κ2) is 7.00. The van der Waals surface area contributed by atoms with E-state index in [1.165, 1.54) is 0 Å². The van der Waals surface area contributed by atoms with Gasteiger partial charge in [-0.25, -0.2) is 9.37 Å². The largest absolute Gasteiger partial charge is 0.366 e. The van der Waals surface area contributed by atoms with Crippen LogP contribution in [0.3, 0.4) is 0 Å². The van der Waals surface area contributed by atoms with Crippen LogP contribution in [0.4, 0.5) is 10.1 Å². The van der Waals surface area contributed by atoms with Crippen LogP contribution in [-0.4, -0.2) is 18.1 Å². The van der Waals surface area contributed by atoms with Gasteiger partial charge in [0.2, 0.25) is 0 Å². The van der Waals surface area contributed by atoms with Gasteiger partial charge in [0, 0.05) is 18.5 Å². The first-order chi connectivity index (χ1) is 9.99. The van der Waals surface area contributed by atoms with Gasteiger partial charge in [-0.1, -0.05) is 13.0 Å². The topological polar surface area (TPSA) is 42.1 Å². The molecule has 0 aliphatic heterocycles. The molecule has 5 heteroatoms. The fourth-order valence-electron chi connectivity index (χ4n) is 2.24. The van der Waals surface area contributed by atoms with Crippen LogP contribution in [0, 0.1) is 12.7 Å². The van der Waals surface area contributed by atoms with Gasteiger partial charge in [0.05, 0.1) is 22.9 Å². The highest BCUT2D eigenvalue weighted by atomic mass is 32.1. The Morgan fingerprint density at radius 2 is 2.19 bits per heavy atom. The van der Waals surface area contributed by atoms with E-state index in [1.807, 2.05) is 43.3 Å². The lowest BCUT2D eigenvalue weighted by Crippen LogP contribution is -2.22. The number of nitrogens with zero attached hydrogens (tertiary/aromatic N) is 2. The van der Waals surface area contributed by atoms with Gasteiger partial charge in [0.25, 0.3) is 0 Å². The standard InChI is InChI=1S/C16H22FN3S/c1-4-13(18)7-12-5-6-16(15(17)8-12)20(3)9-14-10-21-11(2)19-14/h5-6,8,10,13H,4,7,9,18H2,1-3H3. The summed E-state index contributed by atoms with van der Waals surface area (Å²) >= 11 is 1.61. The smallest absolute Gasteiger partial charge is 0.146 e. The van der Waals surface area contributed by atoms with Crippen LogP contribution in [0.5, 0.6) is 0 Å². The molecule has 1 aromatic carbocycles. The van der Waals surface area contributed by atoms with Crippen molar-refractivity contribution in [3.63, 3.8) is 0 Å². The number of benzene rings is 1. The van der Waals surface area contributed by atoms with Crippen LogP contribution >= 0.6 is 11.3 Å². The fourth-order valence-corrected chi connectivity index (χ4v) is 2.85. The average Bonchev–Trinajstić information content (AvgIpc) is 2.83. The van der Waals surface area contributed by atoms with Crippen LogP contribution in [0.1, 0.15) is 29.6 Å². The summed E-state index contributed by atoms with van der Waals surface area (Å²) in [6, 6.07) is 5.46. The van der Waals surface area contributed by atoms with Gasteiger partial charge in [-0.15, -0.1) is 11.3 Å². The molecule has 1 atom stereocenters. The number of hydrogen-bond acceptors (Lipinski definition) is 4. The Morgan fingerprint density at radius 1 is 1.43 bits per heavy atom. The first-order valence-corrected chi connectivity index (χ1v) is 8.03. The number of aryl methyl sites for hydroxylation is 1. The van der Waals surface area contributed by atoms with Crippen molar-refractivity contribution in [1.29, 1.82) is 0 Å². The molecule has 114 valence electrons. The molecule has 1 unspecified atom stereocenters. The van der Waals surface area contributed by atoms with Crippen molar-refractivity contribution in [2.45, 2.75) is 39.3 Å². The fraction of sp³-hybridized carbons (Fsp3) is 0.438. The Hall–Kier alpha value is -1.46. The lowest BCUT2D eigenvalue weighted by atomic mass is 10.0. The molecule has 0 spiro atoms. The maximum absolute atomic E-state index is 14.3. The minimum absolute atomic E-state index is 0.0889. The summed E-state index contributed by atoms with van der Waals surface area (Å²) < 4.78 is 14.3. The zero-order valence-electron chi connectivity index (χ0n) is 12.8. The van der Waals surface area contributed by atoms with Gasteiger partial charge in [-0.2, -0.15) is 0 Å². The van der Waals surface area contributed by atoms with Crippen LogP contribution in [0.2, 0.25) is 0 Å². The first kappa shape index (κ1) is 15.9. The van der Waals surface area contributed by atoms with Gasteiger partial charge in [-0.3, -0.25) is 0 Å². The number of rotatable bonds is 6. The zero-order chi connectivity index (χ0) is 15.4. The van der Waals surface area contributed by atoms with Crippen LogP contribution < -0.4 is 10.6 Å². The monoisotopic (exact) mass is 307 g/mol. The van der Waals surface area contributed by atoms with E-state index < -0.39 is 0 Å². The molecular weight excluding hydrogens is 285 g/mol. The van der Waals surface area contributed by atoms with Crippen LogP contribution in [0.15, 0.2) is 23.6 Å². The van der Waals surface area contributed by atoms with Gasteiger partial charge in [0.1, 0.15) is 5.82 Å². The van der Waals surface area contributed by atoms with Crippen LogP contribution in [-0.2, 0) is 13.0 Å². The van der Waals surface area contributed by atoms with Gasteiger partial charge in [-0.05, 0) is 37.5 Å². The van der Waals surface area contributed by atoms with E-state index in [0.29, 0.717) is 18.7 Å². The summed E-state index contributed by atoms with van der Waals surface area (Å²) in [5.41, 5.74) is 8.43. The molecule has 1 aromatic heterocycles. The van der Waals surface area contributed by atoms with Crippen LogP contribution in [0.25, 0.3) is 0 Å². The molecule has 0 amide bonds. The predicted octanol–water partition coefficient (Wildman–Crippen LogP) is 3.51. The molecule has 0 radical (unpaired) electrons. The maximum atomic E-state index is 14.3. The summed E-state index contributed by atoms with van der Waals surface area (Å²) in [6.07, 6.45) is 1.61. The van der Waals surface area contributed by atoms with E-state index in [9.17, 15) is 4.39 Å². The second-order valence-corrected chi connectivity index (χ2v) is 6.43. The number of halogens is 1. The van der Waals surface area contributed by atoms with Crippen molar-refractivity contribution in [3.8, 4) is 0 Å². The molecule has 1 heterocycles. The van der Waals surface area contributed by atoms with E-state index in [2.05, 4.69) is 4.98 Å².